The predicted octanol–water partition coefficient (Wildman–Crippen LogP) is 4.14. The summed E-state index contributed by atoms with van der Waals surface area (Å²) >= 11 is 0. The largest absolute Gasteiger partial charge is 0.492 e. The second-order valence-electron chi connectivity index (χ2n) is 6.15. The molecule has 0 saturated carbocycles. The van der Waals surface area contributed by atoms with Gasteiger partial charge in [-0.2, -0.15) is 4.98 Å². The summed E-state index contributed by atoms with van der Waals surface area (Å²) in [5, 5.41) is 6.60. The van der Waals surface area contributed by atoms with E-state index >= 15 is 0 Å². The molecule has 1 aromatic heterocycles. The van der Waals surface area contributed by atoms with Crippen LogP contribution in [0.25, 0.3) is 0 Å². The van der Waals surface area contributed by atoms with Gasteiger partial charge in [0.25, 0.3) is 0 Å². The molecule has 0 amide bonds. The number of hydrogen-bond donors (Lipinski definition) is 2. The van der Waals surface area contributed by atoms with Gasteiger partial charge in [0.2, 0.25) is 5.95 Å². The molecule has 0 aliphatic heterocycles. The smallest absolute Gasteiger partial charge is 0.229 e. The molecule has 0 unspecified atom stereocenters. The van der Waals surface area contributed by atoms with Gasteiger partial charge in [-0.15, -0.1) is 0 Å². The number of rotatable bonds is 5. The van der Waals surface area contributed by atoms with E-state index in [1.165, 1.54) is 0 Å². The second-order valence-corrected chi connectivity index (χ2v) is 6.15. The zero-order chi connectivity index (χ0) is 16.2. The molecule has 0 aliphatic carbocycles. The normalized spacial score (nSPS) is 11.1. The van der Waals surface area contributed by atoms with Gasteiger partial charge in [0.1, 0.15) is 11.6 Å². The van der Waals surface area contributed by atoms with Crippen molar-refractivity contribution in [1.29, 1.82) is 0 Å². The van der Waals surface area contributed by atoms with Crippen molar-refractivity contribution >= 4 is 17.5 Å². The minimum atomic E-state index is -0.0543. The average Bonchev–Trinajstić information content (AvgIpc) is 2.38. The highest BCUT2D eigenvalue weighted by Crippen LogP contribution is 2.26. The first-order valence-corrected chi connectivity index (χ1v) is 7.50. The Kier molecular flexibility index (Phi) is 4.85. The summed E-state index contributed by atoms with van der Waals surface area (Å²) in [4.78, 5) is 8.97. The van der Waals surface area contributed by atoms with Crippen molar-refractivity contribution in [1.82, 2.24) is 9.97 Å². The van der Waals surface area contributed by atoms with Gasteiger partial charge in [-0.05, 0) is 46.8 Å². The summed E-state index contributed by atoms with van der Waals surface area (Å²) in [6, 6.07) is 9.71. The molecule has 0 aliphatic rings. The number of para-hydroxylation sites is 2. The Labute approximate surface area is 132 Å². The minimum Gasteiger partial charge on any atom is -0.492 e. The zero-order valence-corrected chi connectivity index (χ0v) is 13.9. The van der Waals surface area contributed by atoms with Crippen molar-refractivity contribution in [2.24, 2.45) is 0 Å². The summed E-state index contributed by atoms with van der Waals surface area (Å²) in [5.41, 5.74) is 1.70. The van der Waals surface area contributed by atoms with E-state index in [4.69, 9.17) is 4.74 Å². The van der Waals surface area contributed by atoms with Crippen molar-refractivity contribution in [3.63, 3.8) is 0 Å². The molecular weight excluding hydrogens is 276 g/mol. The molecule has 2 rings (SSSR count). The third-order valence-electron chi connectivity index (χ3n) is 2.79. The maximum Gasteiger partial charge on any atom is 0.229 e. The van der Waals surface area contributed by atoms with Crippen LogP contribution in [-0.4, -0.2) is 22.1 Å². The molecular formula is C17H24N4O. The molecule has 0 saturated heterocycles. The highest BCUT2D eigenvalue weighted by atomic mass is 16.5. The number of aromatic nitrogens is 2. The van der Waals surface area contributed by atoms with Crippen LogP contribution in [0.2, 0.25) is 0 Å². The molecule has 0 radical (unpaired) electrons. The predicted molar refractivity (Wildman–Crippen MR) is 91.0 cm³/mol. The van der Waals surface area contributed by atoms with E-state index in [9.17, 15) is 0 Å². The van der Waals surface area contributed by atoms with Gasteiger partial charge >= 0.3 is 0 Å². The molecule has 5 heteroatoms. The van der Waals surface area contributed by atoms with E-state index in [0.29, 0.717) is 12.6 Å². The minimum absolute atomic E-state index is 0.0543. The van der Waals surface area contributed by atoms with Gasteiger partial charge in [0, 0.05) is 17.3 Å². The monoisotopic (exact) mass is 300 g/mol. The van der Waals surface area contributed by atoms with Crippen LogP contribution < -0.4 is 15.4 Å². The number of aryl methyl sites for hydroxylation is 1. The maximum absolute atomic E-state index is 5.62. The Balaban J connectivity index is 2.26. The van der Waals surface area contributed by atoms with Gasteiger partial charge in [-0.3, -0.25) is 0 Å². The summed E-state index contributed by atoms with van der Waals surface area (Å²) in [5.74, 6) is 2.15. The first-order valence-electron chi connectivity index (χ1n) is 7.50. The van der Waals surface area contributed by atoms with Crippen LogP contribution in [-0.2, 0) is 0 Å². The van der Waals surface area contributed by atoms with E-state index in [1.54, 1.807) is 0 Å². The molecule has 2 N–H and O–H groups in total. The topological polar surface area (TPSA) is 59.1 Å². The van der Waals surface area contributed by atoms with Gasteiger partial charge in [-0.25, -0.2) is 4.98 Å². The number of nitrogens with one attached hydrogen (secondary N) is 2. The van der Waals surface area contributed by atoms with Crippen LogP contribution in [0.15, 0.2) is 30.3 Å². The summed E-state index contributed by atoms with van der Waals surface area (Å²) in [6.45, 7) is 10.8. The third kappa shape index (κ3) is 4.62. The number of anilines is 3. The first kappa shape index (κ1) is 16.1. The van der Waals surface area contributed by atoms with Crippen LogP contribution >= 0.6 is 0 Å². The maximum atomic E-state index is 5.62. The number of ether oxygens (including phenoxy) is 1. The molecule has 2 aromatic rings. The van der Waals surface area contributed by atoms with Crippen molar-refractivity contribution in [3.05, 3.63) is 36.0 Å². The van der Waals surface area contributed by atoms with Crippen LogP contribution in [0.4, 0.5) is 17.5 Å². The van der Waals surface area contributed by atoms with Gasteiger partial charge in [0.05, 0.1) is 12.3 Å². The van der Waals surface area contributed by atoms with Crippen molar-refractivity contribution in [3.8, 4) is 5.75 Å². The lowest BCUT2D eigenvalue weighted by Crippen LogP contribution is -2.27. The van der Waals surface area contributed by atoms with E-state index in [2.05, 4.69) is 41.4 Å². The van der Waals surface area contributed by atoms with Crippen LogP contribution in [0.1, 0.15) is 33.4 Å². The summed E-state index contributed by atoms with van der Waals surface area (Å²) < 4.78 is 5.62. The Morgan fingerprint density at radius 2 is 1.86 bits per heavy atom. The van der Waals surface area contributed by atoms with Crippen LogP contribution in [0, 0.1) is 6.92 Å². The Bertz CT molecular complexity index is 635. The number of hydrogen-bond acceptors (Lipinski definition) is 5. The highest BCUT2D eigenvalue weighted by molar-refractivity contribution is 5.63. The van der Waals surface area contributed by atoms with Crippen molar-refractivity contribution in [2.75, 3.05) is 17.2 Å². The van der Waals surface area contributed by atoms with Gasteiger partial charge in [0.15, 0.2) is 0 Å². The lowest BCUT2D eigenvalue weighted by Gasteiger charge is -2.22. The molecule has 1 aromatic carbocycles. The molecule has 118 valence electrons. The standard InChI is InChI=1S/C17H24N4O/c1-6-22-14-10-8-7-9-13(14)19-16-18-12(2)11-15(20-16)21-17(3,4)5/h7-11H,6H2,1-5H3,(H2,18,19,20,21). The summed E-state index contributed by atoms with van der Waals surface area (Å²) in [6.07, 6.45) is 0. The van der Waals surface area contributed by atoms with E-state index in [0.717, 1.165) is 22.9 Å². The summed E-state index contributed by atoms with van der Waals surface area (Å²) in [7, 11) is 0. The van der Waals surface area contributed by atoms with Crippen molar-refractivity contribution in [2.45, 2.75) is 40.2 Å². The average molecular weight is 300 g/mol. The molecule has 1 heterocycles. The highest BCUT2D eigenvalue weighted by Gasteiger charge is 2.12. The Morgan fingerprint density at radius 3 is 2.55 bits per heavy atom. The molecule has 0 atom stereocenters. The lowest BCUT2D eigenvalue weighted by molar-refractivity contribution is 0.342. The lowest BCUT2D eigenvalue weighted by atomic mass is 10.1. The quantitative estimate of drug-likeness (QED) is 0.869. The fourth-order valence-electron chi connectivity index (χ4n) is 2.04. The van der Waals surface area contributed by atoms with Gasteiger partial charge < -0.3 is 15.4 Å². The molecule has 0 fully saturated rings. The van der Waals surface area contributed by atoms with Gasteiger partial charge in [-0.1, -0.05) is 12.1 Å². The molecule has 0 bridgehead atoms. The second kappa shape index (κ2) is 6.64. The van der Waals surface area contributed by atoms with E-state index < -0.39 is 0 Å². The van der Waals surface area contributed by atoms with Crippen LogP contribution in [0.5, 0.6) is 5.75 Å². The fraction of sp³-hybridized carbons (Fsp3) is 0.412. The molecule has 5 nitrogen and oxygen atoms in total. The fourth-order valence-corrected chi connectivity index (χ4v) is 2.04. The number of benzene rings is 1. The van der Waals surface area contributed by atoms with E-state index in [-0.39, 0.29) is 5.54 Å². The van der Waals surface area contributed by atoms with Crippen LogP contribution in [0.3, 0.4) is 0 Å². The Hall–Kier alpha value is -2.30. The van der Waals surface area contributed by atoms with Crippen molar-refractivity contribution < 1.29 is 4.74 Å². The number of nitrogens with zero attached hydrogens (tertiary/aromatic N) is 2. The molecule has 0 spiro atoms. The SMILES string of the molecule is CCOc1ccccc1Nc1nc(C)cc(NC(C)(C)C)n1. The third-order valence-corrected chi connectivity index (χ3v) is 2.79. The Morgan fingerprint density at radius 1 is 1.14 bits per heavy atom. The first-order chi connectivity index (χ1) is 10.4. The zero-order valence-electron chi connectivity index (χ0n) is 13.9. The molecule has 22 heavy (non-hydrogen) atoms. The van der Waals surface area contributed by atoms with E-state index in [1.807, 2.05) is 44.2 Å².